The highest BCUT2D eigenvalue weighted by Gasteiger charge is 2.42. The van der Waals surface area contributed by atoms with Crippen LogP contribution in [0.5, 0.6) is 0 Å². The lowest BCUT2D eigenvalue weighted by atomic mass is 9.83. The summed E-state index contributed by atoms with van der Waals surface area (Å²) in [5.41, 5.74) is -0.00289. The first kappa shape index (κ1) is 8.47. The predicted molar refractivity (Wildman–Crippen MR) is 46.3 cm³/mol. The van der Waals surface area contributed by atoms with Crippen LogP contribution < -0.4 is 10.0 Å². The minimum atomic E-state index is -2.94. The molecular weight excluding hydrogens is 176 g/mol. The molecule has 12 heavy (non-hydrogen) atoms. The SMILES string of the molecule is O=S1(=O)CC2(CCCNC2)CN1. The molecular formula is C7H14N2O2S. The highest BCUT2D eigenvalue weighted by Crippen LogP contribution is 2.31. The molecule has 5 heteroatoms. The summed E-state index contributed by atoms with van der Waals surface area (Å²) in [5.74, 6) is 0.312. The monoisotopic (exact) mass is 190 g/mol. The zero-order valence-corrected chi connectivity index (χ0v) is 7.78. The lowest BCUT2D eigenvalue weighted by molar-refractivity contribution is 0.258. The van der Waals surface area contributed by atoms with Crippen LogP contribution in [-0.2, 0) is 10.0 Å². The van der Waals surface area contributed by atoms with E-state index in [0.29, 0.717) is 12.3 Å². The number of piperidine rings is 1. The summed E-state index contributed by atoms with van der Waals surface area (Å²) in [7, 11) is -2.94. The second-order valence-electron chi connectivity index (χ2n) is 3.86. The summed E-state index contributed by atoms with van der Waals surface area (Å²) >= 11 is 0. The van der Waals surface area contributed by atoms with Gasteiger partial charge < -0.3 is 5.32 Å². The van der Waals surface area contributed by atoms with Gasteiger partial charge in [-0.25, -0.2) is 13.1 Å². The average molecular weight is 190 g/mol. The van der Waals surface area contributed by atoms with Gasteiger partial charge >= 0.3 is 0 Å². The number of hydrogen-bond acceptors (Lipinski definition) is 3. The zero-order valence-electron chi connectivity index (χ0n) is 6.97. The molecule has 1 atom stereocenters. The highest BCUT2D eigenvalue weighted by molar-refractivity contribution is 7.89. The van der Waals surface area contributed by atoms with Crippen molar-refractivity contribution in [2.24, 2.45) is 5.41 Å². The molecule has 4 nitrogen and oxygen atoms in total. The minimum Gasteiger partial charge on any atom is -0.316 e. The van der Waals surface area contributed by atoms with Crippen molar-refractivity contribution in [3.8, 4) is 0 Å². The largest absolute Gasteiger partial charge is 0.316 e. The molecule has 2 rings (SSSR count). The van der Waals surface area contributed by atoms with Crippen molar-refractivity contribution in [1.82, 2.24) is 10.0 Å². The Kier molecular flexibility index (Phi) is 1.89. The maximum absolute atomic E-state index is 11.2. The van der Waals surface area contributed by atoms with E-state index >= 15 is 0 Å². The van der Waals surface area contributed by atoms with Crippen LogP contribution in [0, 0.1) is 5.41 Å². The second kappa shape index (κ2) is 2.68. The number of sulfonamides is 1. The van der Waals surface area contributed by atoms with Crippen LogP contribution >= 0.6 is 0 Å². The van der Waals surface area contributed by atoms with Crippen molar-refractivity contribution in [2.75, 3.05) is 25.4 Å². The topological polar surface area (TPSA) is 58.2 Å². The van der Waals surface area contributed by atoms with Crippen LogP contribution in [0.4, 0.5) is 0 Å². The van der Waals surface area contributed by atoms with Crippen molar-refractivity contribution in [3.05, 3.63) is 0 Å². The van der Waals surface area contributed by atoms with Crippen molar-refractivity contribution in [3.63, 3.8) is 0 Å². The molecule has 0 bridgehead atoms. The fourth-order valence-electron chi connectivity index (χ4n) is 2.07. The summed E-state index contributed by atoms with van der Waals surface area (Å²) < 4.78 is 24.9. The fraction of sp³-hybridized carbons (Fsp3) is 1.00. The molecule has 2 N–H and O–H groups in total. The van der Waals surface area contributed by atoms with E-state index in [2.05, 4.69) is 10.0 Å². The Balaban J connectivity index is 2.13. The molecule has 1 unspecified atom stereocenters. The van der Waals surface area contributed by atoms with Crippen LogP contribution in [0.3, 0.4) is 0 Å². The summed E-state index contributed by atoms with van der Waals surface area (Å²) in [6.07, 6.45) is 2.13. The van der Waals surface area contributed by atoms with Crippen molar-refractivity contribution in [2.45, 2.75) is 12.8 Å². The molecule has 0 aromatic carbocycles. The van der Waals surface area contributed by atoms with E-state index in [-0.39, 0.29) is 5.41 Å². The maximum Gasteiger partial charge on any atom is 0.212 e. The van der Waals surface area contributed by atoms with Crippen molar-refractivity contribution in [1.29, 1.82) is 0 Å². The minimum absolute atomic E-state index is 0.00289. The first-order valence-electron chi connectivity index (χ1n) is 4.30. The molecule has 0 radical (unpaired) electrons. The van der Waals surface area contributed by atoms with Crippen LogP contribution in [0.15, 0.2) is 0 Å². The van der Waals surface area contributed by atoms with Crippen LogP contribution in [-0.4, -0.2) is 33.8 Å². The molecule has 0 aromatic heterocycles. The van der Waals surface area contributed by atoms with Gasteiger partial charge in [-0.1, -0.05) is 0 Å². The van der Waals surface area contributed by atoms with Gasteiger partial charge in [-0.2, -0.15) is 0 Å². The standard InChI is InChI=1S/C7H14N2O2S/c10-12(11)6-7(5-9-12)2-1-3-8-4-7/h8-9H,1-6H2. The van der Waals surface area contributed by atoms with Gasteiger partial charge in [0.1, 0.15) is 0 Å². The van der Waals surface area contributed by atoms with E-state index in [0.717, 1.165) is 25.9 Å². The number of rotatable bonds is 0. The van der Waals surface area contributed by atoms with E-state index in [1.807, 2.05) is 0 Å². The Morgan fingerprint density at radius 3 is 2.58 bits per heavy atom. The van der Waals surface area contributed by atoms with Gasteiger partial charge in [0, 0.05) is 18.5 Å². The molecule has 70 valence electrons. The van der Waals surface area contributed by atoms with Crippen molar-refractivity contribution < 1.29 is 8.42 Å². The molecule has 1 spiro atoms. The Bertz CT molecular complexity index is 267. The summed E-state index contributed by atoms with van der Waals surface area (Å²) in [4.78, 5) is 0. The third-order valence-electron chi connectivity index (χ3n) is 2.72. The van der Waals surface area contributed by atoms with E-state index in [1.54, 1.807) is 0 Å². The Labute approximate surface area is 72.8 Å². The molecule has 0 saturated carbocycles. The number of hydrogen-bond donors (Lipinski definition) is 2. The molecule has 0 amide bonds. The quantitative estimate of drug-likeness (QED) is 0.530. The molecule has 2 heterocycles. The molecule has 2 aliphatic heterocycles. The molecule has 2 fully saturated rings. The number of nitrogens with one attached hydrogen (secondary N) is 2. The van der Waals surface area contributed by atoms with Gasteiger partial charge in [0.2, 0.25) is 10.0 Å². The van der Waals surface area contributed by atoms with E-state index in [1.165, 1.54) is 0 Å². The Hall–Kier alpha value is -0.130. The second-order valence-corrected chi connectivity index (χ2v) is 5.67. The first-order chi connectivity index (χ1) is 5.62. The first-order valence-corrected chi connectivity index (χ1v) is 5.95. The van der Waals surface area contributed by atoms with Gasteiger partial charge in [-0.15, -0.1) is 0 Å². The third kappa shape index (κ3) is 1.48. The highest BCUT2D eigenvalue weighted by atomic mass is 32.2. The maximum atomic E-state index is 11.2. The van der Waals surface area contributed by atoms with Gasteiger partial charge in [0.15, 0.2) is 0 Å². The van der Waals surface area contributed by atoms with Crippen LogP contribution in [0.1, 0.15) is 12.8 Å². The predicted octanol–water partition coefficient (Wildman–Crippen LogP) is -0.711. The summed E-state index contributed by atoms with van der Waals surface area (Å²) in [6.45, 7) is 2.50. The normalized spacial score (nSPS) is 40.3. The molecule has 2 aliphatic rings. The molecule has 0 aromatic rings. The molecule has 2 saturated heterocycles. The lowest BCUT2D eigenvalue weighted by Crippen LogP contribution is -2.43. The fourth-order valence-corrected chi connectivity index (χ4v) is 3.86. The summed E-state index contributed by atoms with van der Waals surface area (Å²) in [5, 5.41) is 3.25. The molecule has 0 aliphatic carbocycles. The van der Waals surface area contributed by atoms with Crippen LogP contribution in [0.2, 0.25) is 0 Å². The Morgan fingerprint density at radius 1 is 1.25 bits per heavy atom. The van der Waals surface area contributed by atoms with E-state index in [9.17, 15) is 8.42 Å². The van der Waals surface area contributed by atoms with Gasteiger partial charge in [-0.05, 0) is 19.4 Å². The van der Waals surface area contributed by atoms with E-state index in [4.69, 9.17) is 0 Å². The third-order valence-corrected chi connectivity index (χ3v) is 4.30. The van der Waals surface area contributed by atoms with Gasteiger partial charge in [-0.3, -0.25) is 0 Å². The summed E-state index contributed by atoms with van der Waals surface area (Å²) in [6, 6.07) is 0. The van der Waals surface area contributed by atoms with Crippen LogP contribution in [0.25, 0.3) is 0 Å². The Morgan fingerprint density at radius 2 is 2.08 bits per heavy atom. The van der Waals surface area contributed by atoms with Gasteiger partial charge in [0.05, 0.1) is 5.75 Å². The van der Waals surface area contributed by atoms with E-state index < -0.39 is 10.0 Å². The van der Waals surface area contributed by atoms with Gasteiger partial charge in [0.25, 0.3) is 0 Å². The van der Waals surface area contributed by atoms with Crippen molar-refractivity contribution >= 4 is 10.0 Å². The average Bonchev–Trinajstić information content (AvgIpc) is 2.29. The smallest absolute Gasteiger partial charge is 0.212 e. The zero-order chi connectivity index (χ0) is 8.66. The lowest BCUT2D eigenvalue weighted by Gasteiger charge is -2.31.